The highest BCUT2D eigenvalue weighted by Gasteiger charge is 2.34. The molecule has 8 nitrogen and oxygen atoms in total. The molecule has 0 aliphatic rings. The Hall–Kier alpha value is -4.35. The summed E-state index contributed by atoms with van der Waals surface area (Å²) >= 11 is 0. The molecule has 3 aromatic heterocycles. The van der Waals surface area contributed by atoms with E-state index in [1.165, 1.54) is 6.07 Å². The van der Waals surface area contributed by atoms with Gasteiger partial charge in [0.2, 0.25) is 5.82 Å². The van der Waals surface area contributed by atoms with Gasteiger partial charge in [-0.25, -0.2) is 19.4 Å². The lowest BCUT2D eigenvalue weighted by Crippen LogP contribution is -2.15. The normalized spacial score (nSPS) is 13.1. The smallest absolute Gasteiger partial charge is 0.382 e. The van der Waals surface area contributed by atoms with Crippen molar-refractivity contribution < 1.29 is 22.1 Å². The number of nitrogens with zero attached hydrogens (tertiary/aromatic N) is 4. The first-order valence-electron chi connectivity index (χ1n) is 9.85. The van der Waals surface area contributed by atoms with Crippen molar-refractivity contribution in [2.24, 2.45) is 10.7 Å². The molecular formula is C22H17F4N7O. The molecule has 1 atom stereocenters. The predicted molar refractivity (Wildman–Crippen MR) is 116 cm³/mol. The van der Waals surface area contributed by atoms with E-state index in [1.807, 2.05) is 0 Å². The molecule has 0 saturated carbocycles. The maximum Gasteiger partial charge on any atom is 0.451 e. The van der Waals surface area contributed by atoms with Gasteiger partial charge in [0.25, 0.3) is 0 Å². The summed E-state index contributed by atoms with van der Waals surface area (Å²) in [6, 6.07) is 9.37. The molecule has 34 heavy (non-hydrogen) atoms. The van der Waals surface area contributed by atoms with Crippen molar-refractivity contribution in [1.82, 2.24) is 20.1 Å². The van der Waals surface area contributed by atoms with E-state index < -0.39 is 23.7 Å². The van der Waals surface area contributed by atoms with Crippen molar-refractivity contribution in [2.75, 3.05) is 0 Å². The minimum absolute atomic E-state index is 0.0621. The van der Waals surface area contributed by atoms with Gasteiger partial charge in [0.05, 0.1) is 11.6 Å². The molecule has 3 heterocycles. The average Bonchev–Trinajstić information content (AvgIpc) is 3.47. The van der Waals surface area contributed by atoms with Crippen LogP contribution < -0.4 is 5.73 Å². The van der Waals surface area contributed by atoms with Crippen molar-refractivity contribution in [1.29, 1.82) is 5.41 Å². The van der Waals surface area contributed by atoms with E-state index in [9.17, 15) is 17.6 Å². The molecule has 174 valence electrons. The Morgan fingerprint density at radius 3 is 2.53 bits per heavy atom. The van der Waals surface area contributed by atoms with Crippen LogP contribution in [0.15, 0.2) is 58.3 Å². The number of aromatic nitrogens is 4. The largest absolute Gasteiger partial charge is 0.451 e. The predicted octanol–water partition coefficient (Wildman–Crippen LogP) is 4.75. The third-order valence-corrected chi connectivity index (χ3v) is 5.09. The van der Waals surface area contributed by atoms with Crippen LogP contribution in [0.25, 0.3) is 22.4 Å². The first-order valence-corrected chi connectivity index (χ1v) is 9.85. The molecule has 0 fully saturated rings. The van der Waals surface area contributed by atoms with Crippen molar-refractivity contribution in [2.45, 2.75) is 19.0 Å². The molecule has 0 saturated heterocycles. The van der Waals surface area contributed by atoms with E-state index in [1.54, 1.807) is 37.3 Å². The Labute approximate surface area is 190 Å². The summed E-state index contributed by atoms with van der Waals surface area (Å²) in [7, 11) is 0. The van der Waals surface area contributed by atoms with Crippen LogP contribution in [0, 0.1) is 11.2 Å². The minimum Gasteiger partial charge on any atom is -0.382 e. The molecule has 1 aromatic carbocycles. The SMILES string of the molecule is CC(c1cc(-c2cnc(C(F)(F)F)nc2)c(/C(N)=N\C=N)[nH]1)c1cc(-c2ccccc2F)no1. The van der Waals surface area contributed by atoms with Crippen LogP contribution in [0.5, 0.6) is 0 Å². The van der Waals surface area contributed by atoms with Gasteiger partial charge in [0.15, 0.2) is 0 Å². The van der Waals surface area contributed by atoms with E-state index in [0.717, 1.165) is 18.7 Å². The number of hydrogen-bond donors (Lipinski definition) is 3. The lowest BCUT2D eigenvalue weighted by molar-refractivity contribution is -0.144. The second-order valence-corrected chi connectivity index (χ2v) is 7.27. The zero-order valence-corrected chi connectivity index (χ0v) is 17.6. The van der Waals surface area contributed by atoms with Gasteiger partial charge >= 0.3 is 6.18 Å². The van der Waals surface area contributed by atoms with E-state index in [-0.39, 0.29) is 22.7 Å². The van der Waals surface area contributed by atoms with Crippen LogP contribution in [0.2, 0.25) is 0 Å². The summed E-state index contributed by atoms with van der Waals surface area (Å²) in [6.45, 7) is 1.79. The van der Waals surface area contributed by atoms with Gasteiger partial charge < -0.3 is 15.2 Å². The Bertz CT molecular complexity index is 1360. The van der Waals surface area contributed by atoms with Crippen LogP contribution in [0.4, 0.5) is 17.6 Å². The van der Waals surface area contributed by atoms with Gasteiger partial charge in [-0.1, -0.05) is 17.3 Å². The Morgan fingerprint density at radius 1 is 1.18 bits per heavy atom. The van der Waals surface area contributed by atoms with Gasteiger partial charge in [-0.15, -0.1) is 0 Å². The van der Waals surface area contributed by atoms with Crippen molar-refractivity contribution in [3.8, 4) is 22.4 Å². The first kappa shape index (κ1) is 22.8. The Kier molecular flexibility index (Phi) is 5.97. The van der Waals surface area contributed by atoms with E-state index >= 15 is 0 Å². The van der Waals surface area contributed by atoms with Crippen molar-refractivity contribution >= 4 is 12.2 Å². The lowest BCUT2D eigenvalue weighted by atomic mass is 10.0. The molecule has 0 amide bonds. The maximum absolute atomic E-state index is 14.1. The highest BCUT2D eigenvalue weighted by molar-refractivity contribution is 6.04. The minimum atomic E-state index is -4.68. The van der Waals surface area contributed by atoms with Gasteiger partial charge in [0.1, 0.15) is 29.4 Å². The summed E-state index contributed by atoms with van der Waals surface area (Å²) in [5, 5.41) is 11.1. The molecular weight excluding hydrogens is 454 g/mol. The first-order chi connectivity index (χ1) is 16.2. The molecule has 0 spiro atoms. The fourth-order valence-corrected chi connectivity index (χ4v) is 3.33. The van der Waals surface area contributed by atoms with Crippen LogP contribution in [0.3, 0.4) is 0 Å². The molecule has 0 aliphatic carbocycles. The summed E-state index contributed by atoms with van der Waals surface area (Å²) in [4.78, 5) is 13.6. The highest BCUT2D eigenvalue weighted by atomic mass is 19.4. The standard InChI is InChI=1S/C22H17F4N7O/c1-11(18-7-17(33-34-18)13-4-2-3-5-15(13)23)16-6-14(19(32-16)20(28)31-10-27)12-8-29-21(30-9-12)22(24,25)26/h2-11,32H,1H3,(H3,27,28,31). The topological polar surface area (TPSA) is 130 Å². The molecule has 0 radical (unpaired) electrons. The van der Waals surface area contributed by atoms with E-state index in [2.05, 4.69) is 25.1 Å². The van der Waals surface area contributed by atoms with Crippen LogP contribution in [0.1, 0.15) is 35.8 Å². The number of hydrogen-bond acceptors (Lipinski definition) is 5. The molecule has 1 unspecified atom stereocenters. The third-order valence-electron chi connectivity index (χ3n) is 5.09. The summed E-state index contributed by atoms with van der Waals surface area (Å²) in [5.41, 5.74) is 8.02. The number of benzene rings is 1. The number of alkyl halides is 3. The number of rotatable bonds is 6. The second-order valence-electron chi connectivity index (χ2n) is 7.27. The quantitative estimate of drug-likeness (QED) is 0.212. The molecule has 0 aliphatic heterocycles. The van der Waals surface area contributed by atoms with Crippen LogP contribution >= 0.6 is 0 Å². The molecule has 4 rings (SSSR count). The maximum atomic E-state index is 14.1. The number of nitrogens with one attached hydrogen (secondary N) is 2. The Morgan fingerprint density at radius 2 is 1.88 bits per heavy atom. The fraction of sp³-hybridized carbons (Fsp3) is 0.136. The van der Waals surface area contributed by atoms with Gasteiger partial charge in [-0.05, 0) is 25.1 Å². The second kappa shape index (κ2) is 8.89. The summed E-state index contributed by atoms with van der Waals surface area (Å²) < 4.78 is 58.0. The highest BCUT2D eigenvalue weighted by Crippen LogP contribution is 2.33. The fourth-order valence-electron chi connectivity index (χ4n) is 3.33. The average molecular weight is 471 g/mol. The number of amidine groups is 1. The zero-order valence-electron chi connectivity index (χ0n) is 17.6. The molecule has 4 N–H and O–H groups in total. The Balaban J connectivity index is 1.73. The molecule has 0 bridgehead atoms. The lowest BCUT2D eigenvalue weighted by Gasteiger charge is -2.06. The number of nitrogens with two attached hydrogens (primary N) is 1. The third kappa shape index (κ3) is 4.42. The number of aliphatic imine (C=N–C) groups is 1. The van der Waals surface area contributed by atoms with Crippen molar-refractivity contribution in [3.05, 3.63) is 77.6 Å². The molecule has 12 heteroatoms. The summed E-state index contributed by atoms with van der Waals surface area (Å²) in [6.07, 6.45) is -1.88. The van der Waals surface area contributed by atoms with E-state index in [0.29, 0.717) is 22.7 Å². The van der Waals surface area contributed by atoms with Gasteiger partial charge in [-0.3, -0.25) is 5.41 Å². The number of aromatic amines is 1. The zero-order chi connectivity index (χ0) is 24.5. The van der Waals surface area contributed by atoms with Gasteiger partial charge in [0, 0.05) is 40.8 Å². The number of halogens is 4. The van der Waals surface area contributed by atoms with E-state index in [4.69, 9.17) is 15.7 Å². The van der Waals surface area contributed by atoms with Gasteiger partial charge in [-0.2, -0.15) is 13.2 Å². The van der Waals surface area contributed by atoms with Crippen LogP contribution in [-0.2, 0) is 6.18 Å². The molecule has 4 aromatic rings. The summed E-state index contributed by atoms with van der Waals surface area (Å²) in [5.74, 6) is -1.80. The number of H-pyrrole nitrogens is 1. The van der Waals surface area contributed by atoms with Crippen molar-refractivity contribution in [3.63, 3.8) is 0 Å². The monoisotopic (exact) mass is 471 g/mol. The van der Waals surface area contributed by atoms with Crippen LogP contribution in [-0.4, -0.2) is 32.3 Å².